The first-order chi connectivity index (χ1) is 17.2. The number of likely N-dealkylation sites (tertiary alicyclic amines) is 2. The molecule has 2 atom stereocenters. The second-order valence-electron chi connectivity index (χ2n) is 8.18. The van der Waals surface area contributed by atoms with Gasteiger partial charge in [0.25, 0.3) is 0 Å². The summed E-state index contributed by atoms with van der Waals surface area (Å²) in [6.45, 7) is 1.08. The van der Waals surface area contributed by atoms with E-state index >= 15 is 0 Å². The second kappa shape index (κ2) is 16.9. The first kappa shape index (κ1) is 26.9. The summed E-state index contributed by atoms with van der Waals surface area (Å²) in [5.41, 5.74) is 0. The fraction of sp³-hybridized carbons (Fsp3) is 0.750. The van der Waals surface area contributed by atoms with Crippen LogP contribution in [0.1, 0.15) is 80.3 Å². The van der Waals surface area contributed by atoms with E-state index in [9.17, 15) is 28.8 Å². The number of rotatable bonds is 15. The first-order valence-electron chi connectivity index (χ1n) is 12.9. The SMILES string of the molecule is [2H]C(=O)CCCCCN1C(=O)CC(SC)C1=O.[2H]CCC(=O)CCCCCN1C(=O)CC(SC)C1=O. The molecule has 2 aliphatic heterocycles. The summed E-state index contributed by atoms with van der Waals surface area (Å²) in [5.74, 6) is -0.187. The molecule has 2 fully saturated rings. The van der Waals surface area contributed by atoms with Crippen molar-refractivity contribution in [1.29, 1.82) is 0 Å². The van der Waals surface area contributed by atoms with Crippen LogP contribution in [0.15, 0.2) is 0 Å². The van der Waals surface area contributed by atoms with Crippen LogP contribution in [-0.2, 0) is 28.8 Å². The zero-order valence-corrected chi connectivity index (χ0v) is 21.8. The highest BCUT2D eigenvalue weighted by molar-refractivity contribution is 8.00. The van der Waals surface area contributed by atoms with E-state index in [1.54, 1.807) is 0 Å². The van der Waals surface area contributed by atoms with E-state index in [0.29, 0.717) is 51.6 Å². The molecule has 0 saturated carbocycles. The lowest BCUT2D eigenvalue weighted by atomic mass is 10.1. The van der Waals surface area contributed by atoms with Crippen LogP contribution in [0.5, 0.6) is 0 Å². The zero-order chi connectivity index (χ0) is 27.1. The molecule has 0 bridgehead atoms. The Hall–Kier alpha value is -1.68. The van der Waals surface area contributed by atoms with E-state index in [0.717, 1.165) is 25.7 Å². The molecule has 2 rings (SSSR count). The maximum atomic E-state index is 11.8. The van der Waals surface area contributed by atoms with Crippen molar-refractivity contribution < 1.29 is 31.5 Å². The molecule has 0 aromatic rings. The molecule has 0 aromatic carbocycles. The van der Waals surface area contributed by atoms with E-state index < -0.39 is 6.26 Å². The molecule has 0 radical (unpaired) electrons. The van der Waals surface area contributed by atoms with Crippen molar-refractivity contribution >= 4 is 59.2 Å². The molecule has 0 N–H and O–H groups in total. The van der Waals surface area contributed by atoms with Gasteiger partial charge in [0.05, 0.1) is 10.5 Å². The van der Waals surface area contributed by atoms with E-state index in [4.69, 9.17) is 2.74 Å². The Labute approximate surface area is 214 Å². The Balaban J connectivity index is 0.000000362. The number of Topliss-reactive ketones (excluding diaryl/α,β-unsaturated/α-hetero) is 1. The minimum atomic E-state index is -0.555. The molecule has 2 aliphatic rings. The van der Waals surface area contributed by atoms with Crippen molar-refractivity contribution in [2.24, 2.45) is 0 Å². The van der Waals surface area contributed by atoms with Gasteiger partial charge in [0, 0.05) is 46.6 Å². The predicted octanol–water partition coefficient (Wildman–Crippen LogP) is 3.25. The number of hydrogen-bond donors (Lipinski definition) is 0. The number of carbonyl (C=O) groups is 6. The molecule has 10 heteroatoms. The van der Waals surface area contributed by atoms with Gasteiger partial charge in [-0.3, -0.25) is 33.8 Å². The van der Waals surface area contributed by atoms with E-state index in [2.05, 4.69) is 0 Å². The van der Waals surface area contributed by atoms with Gasteiger partial charge in [-0.25, -0.2) is 0 Å². The summed E-state index contributed by atoms with van der Waals surface area (Å²) in [4.78, 5) is 71.0. The summed E-state index contributed by atoms with van der Waals surface area (Å²) in [5, 5.41) is -0.413. The van der Waals surface area contributed by atoms with Crippen molar-refractivity contribution in [3.8, 4) is 0 Å². The maximum absolute atomic E-state index is 11.8. The molecule has 8 nitrogen and oxygen atoms in total. The van der Waals surface area contributed by atoms with Gasteiger partial charge in [-0.2, -0.15) is 23.5 Å². The van der Waals surface area contributed by atoms with Gasteiger partial charge in [0.2, 0.25) is 23.6 Å². The highest BCUT2D eigenvalue weighted by atomic mass is 32.2. The van der Waals surface area contributed by atoms with Gasteiger partial charge in [-0.1, -0.05) is 19.7 Å². The Morgan fingerprint density at radius 3 is 1.82 bits per heavy atom. The van der Waals surface area contributed by atoms with Crippen LogP contribution < -0.4 is 0 Å². The Bertz CT molecular complexity index is 799. The van der Waals surface area contributed by atoms with Crippen LogP contribution in [0.3, 0.4) is 0 Å². The summed E-state index contributed by atoms with van der Waals surface area (Å²) >= 11 is 2.84. The number of imide groups is 2. The number of ketones is 1. The highest BCUT2D eigenvalue weighted by Gasteiger charge is 2.38. The van der Waals surface area contributed by atoms with Gasteiger partial charge in [0.15, 0.2) is 0 Å². The minimum Gasteiger partial charge on any atom is -0.303 e. The van der Waals surface area contributed by atoms with Crippen molar-refractivity contribution in [2.75, 3.05) is 25.6 Å². The van der Waals surface area contributed by atoms with Gasteiger partial charge in [-0.15, -0.1) is 0 Å². The average molecular weight is 517 g/mol. The molecule has 0 aliphatic carbocycles. The van der Waals surface area contributed by atoms with E-state index in [1.165, 1.54) is 33.3 Å². The zero-order valence-electron chi connectivity index (χ0n) is 22.2. The van der Waals surface area contributed by atoms with Crippen LogP contribution in [-0.4, -0.2) is 81.6 Å². The third kappa shape index (κ3) is 9.90. The van der Waals surface area contributed by atoms with Crippen LogP contribution in [0.2, 0.25) is 0 Å². The van der Waals surface area contributed by atoms with Gasteiger partial charge in [-0.05, 0) is 38.2 Å². The fourth-order valence-corrected chi connectivity index (χ4v) is 4.96. The van der Waals surface area contributed by atoms with Crippen molar-refractivity contribution in [3.63, 3.8) is 0 Å². The van der Waals surface area contributed by atoms with E-state index in [-0.39, 0.29) is 53.2 Å². The molecular formula is C24H38N2O6S2. The number of hydrogen-bond acceptors (Lipinski definition) is 8. The lowest BCUT2D eigenvalue weighted by Crippen LogP contribution is -2.32. The molecule has 192 valence electrons. The molecule has 0 aromatic heterocycles. The second-order valence-corrected chi connectivity index (χ2v) is 10.3. The van der Waals surface area contributed by atoms with Gasteiger partial charge in [0.1, 0.15) is 13.4 Å². The van der Waals surface area contributed by atoms with Gasteiger partial charge >= 0.3 is 0 Å². The number of thioether (sulfide) groups is 2. The standard InChI is InChI=1S/C13H21NO3S.C11H17NO3S/c1-3-10(15)7-5-4-6-8-14-12(16)9-11(18-2)13(14)17;1-16-9-8-10(14)12(11(9)15)6-4-2-3-5-7-13/h11H,3-9H2,1-2H3;7,9H,2-6,8H2,1H3/i1D;7D. The third-order valence-electron chi connectivity index (χ3n) is 5.75. The number of aldehydes is 1. The van der Waals surface area contributed by atoms with Crippen LogP contribution in [0.4, 0.5) is 0 Å². The number of amides is 4. The molecular weight excluding hydrogens is 476 g/mol. The van der Waals surface area contributed by atoms with Crippen LogP contribution in [0.25, 0.3) is 0 Å². The predicted molar refractivity (Wildman–Crippen MR) is 136 cm³/mol. The lowest BCUT2D eigenvalue weighted by Gasteiger charge is -2.14. The lowest BCUT2D eigenvalue weighted by molar-refractivity contribution is -0.139. The fourth-order valence-electron chi connectivity index (χ4n) is 3.68. The largest absolute Gasteiger partial charge is 0.303 e. The Morgan fingerprint density at radius 1 is 0.912 bits per heavy atom. The summed E-state index contributed by atoms with van der Waals surface area (Å²) in [7, 11) is 0. The van der Waals surface area contributed by atoms with Crippen LogP contribution >= 0.6 is 23.5 Å². The summed E-state index contributed by atoms with van der Waals surface area (Å²) < 4.78 is 13.7. The first-order valence-corrected chi connectivity index (χ1v) is 14.3. The van der Waals surface area contributed by atoms with Crippen molar-refractivity contribution in [1.82, 2.24) is 9.80 Å². The molecule has 2 unspecified atom stereocenters. The minimum absolute atomic E-state index is 0.0669. The van der Waals surface area contributed by atoms with Crippen molar-refractivity contribution in [2.45, 2.75) is 88.0 Å². The van der Waals surface area contributed by atoms with Crippen LogP contribution in [0, 0.1) is 0 Å². The third-order valence-corrected chi connectivity index (χ3v) is 7.63. The van der Waals surface area contributed by atoms with Crippen molar-refractivity contribution in [3.05, 3.63) is 0 Å². The monoisotopic (exact) mass is 516 g/mol. The summed E-state index contributed by atoms with van der Waals surface area (Å²) in [6.07, 6.45) is 9.37. The molecule has 0 spiro atoms. The summed E-state index contributed by atoms with van der Waals surface area (Å²) in [6, 6.07) is 0. The number of carbonyl (C=O) groups excluding carboxylic acids is 6. The Morgan fingerprint density at radius 2 is 1.41 bits per heavy atom. The normalized spacial score (nSPS) is 20.9. The smallest absolute Gasteiger partial charge is 0.242 e. The molecule has 2 heterocycles. The topological polar surface area (TPSA) is 109 Å². The van der Waals surface area contributed by atoms with E-state index in [1.807, 2.05) is 12.5 Å². The Kier molecular flexibility index (Phi) is 13.4. The number of unbranched alkanes of at least 4 members (excludes halogenated alkanes) is 4. The molecule has 4 amide bonds. The van der Waals surface area contributed by atoms with Gasteiger partial charge < -0.3 is 4.79 Å². The number of nitrogens with zero attached hydrogens (tertiary/aromatic N) is 2. The highest BCUT2D eigenvalue weighted by Crippen LogP contribution is 2.24. The quantitative estimate of drug-likeness (QED) is 0.185. The molecule has 2 saturated heterocycles. The average Bonchev–Trinajstić information content (AvgIpc) is 3.27. The maximum Gasteiger partial charge on any atom is 0.242 e. The molecule has 34 heavy (non-hydrogen) atoms.